The molecule has 0 amide bonds. The predicted molar refractivity (Wildman–Crippen MR) is 98.6 cm³/mol. The van der Waals surface area contributed by atoms with Crippen molar-refractivity contribution in [3.63, 3.8) is 0 Å². The maximum Gasteiger partial charge on any atom is 0.285 e. The van der Waals surface area contributed by atoms with E-state index in [1.165, 1.54) is 4.31 Å². The van der Waals surface area contributed by atoms with Gasteiger partial charge in [0, 0.05) is 13.1 Å². The number of hydrogen-bond acceptors (Lipinski definition) is 6. The van der Waals surface area contributed by atoms with E-state index in [1.807, 2.05) is 19.1 Å². The molecule has 146 valence electrons. The minimum Gasteiger partial charge on any atom is -0.484 e. The Kier molecular flexibility index (Phi) is 5.64. The summed E-state index contributed by atoms with van der Waals surface area (Å²) in [4.78, 5) is 12.6. The molecule has 1 aliphatic heterocycles. The lowest BCUT2D eigenvalue weighted by molar-refractivity contribution is 0.0729. The summed E-state index contributed by atoms with van der Waals surface area (Å²) in [5.74, 6) is 0.135. The molecule has 1 saturated heterocycles. The minimum atomic E-state index is -3.73. The number of hydrogen-bond donors (Lipinski definition) is 0. The van der Waals surface area contributed by atoms with E-state index in [4.69, 9.17) is 9.47 Å². The van der Waals surface area contributed by atoms with Crippen LogP contribution in [0.2, 0.25) is 0 Å². The Balaban J connectivity index is 1.80. The van der Waals surface area contributed by atoms with E-state index in [-0.39, 0.29) is 30.3 Å². The number of sulfonamides is 1. The van der Waals surface area contributed by atoms with Gasteiger partial charge in [0.05, 0.1) is 24.6 Å². The summed E-state index contributed by atoms with van der Waals surface area (Å²) in [5.41, 5.74) is 1.67. The van der Waals surface area contributed by atoms with Gasteiger partial charge < -0.3 is 9.47 Å². The van der Waals surface area contributed by atoms with Crippen molar-refractivity contribution in [2.75, 3.05) is 32.9 Å². The standard InChI is InChI=1S/C18H23N3O5S/c1-13-4-6-16(7-5-13)26-12-17(22)21-15(3)18(14(2)19-21)27(23,24)20-8-10-25-11-9-20/h4-7H,8-12H2,1-3H3. The van der Waals surface area contributed by atoms with E-state index in [0.717, 1.165) is 10.2 Å². The number of carbonyl (C=O) groups is 1. The lowest BCUT2D eigenvalue weighted by Crippen LogP contribution is -2.41. The van der Waals surface area contributed by atoms with Gasteiger partial charge in [0.2, 0.25) is 10.0 Å². The second-order valence-corrected chi connectivity index (χ2v) is 8.30. The van der Waals surface area contributed by atoms with Crippen molar-refractivity contribution in [3.05, 3.63) is 41.2 Å². The van der Waals surface area contributed by atoms with Gasteiger partial charge in [-0.05, 0) is 32.9 Å². The third kappa shape index (κ3) is 4.05. The first-order chi connectivity index (χ1) is 12.8. The van der Waals surface area contributed by atoms with Crippen LogP contribution in [0.1, 0.15) is 21.7 Å². The average molecular weight is 393 g/mol. The van der Waals surface area contributed by atoms with Crippen LogP contribution in [-0.4, -0.2) is 61.3 Å². The fraction of sp³-hybridized carbons (Fsp3) is 0.444. The smallest absolute Gasteiger partial charge is 0.285 e. The molecule has 2 aromatic rings. The van der Waals surface area contributed by atoms with E-state index in [1.54, 1.807) is 26.0 Å². The van der Waals surface area contributed by atoms with Crippen molar-refractivity contribution in [1.29, 1.82) is 0 Å². The SMILES string of the molecule is Cc1ccc(OCC(=O)n2nc(C)c(S(=O)(=O)N3CCOCC3)c2C)cc1. The third-order valence-corrected chi connectivity index (χ3v) is 6.56. The molecular weight excluding hydrogens is 370 g/mol. The maximum atomic E-state index is 13.0. The summed E-state index contributed by atoms with van der Waals surface area (Å²) < 4.78 is 39.1. The number of ether oxygens (including phenoxy) is 2. The number of carbonyl (C=O) groups excluding carboxylic acids is 1. The average Bonchev–Trinajstić information content (AvgIpc) is 2.96. The molecule has 8 nitrogen and oxygen atoms in total. The summed E-state index contributed by atoms with van der Waals surface area (Å²) in [6.45, 7) is 6.18. The van der Waals surface area contributed by atoms with Crippen LogP contribution in [0.3, 0.4) is 0 Å². The molecule has 0 bridgehead atoms. The van der Waals surface area contributed by atoms with E-state index < -0.39 is 15.9 Å². The highest BCUT2D eigenvalue weighted by Gasteiger charge is 2.33. The molecule has 1 aromatic carbocycles. The molecule has 1 aliphatic rings. The second-order valence-electron chi connectivity index (χ2n) is 6.42. The van der Waals surface area contributed by atoms with Crippen LogP contribution >= 0.6 is 0 Å². The summed E-state index contributed by atoms with van der Waals surface area (Å²) in [7, 11) is -3.73. The Hall–Kier alpha value is -2.23. The van der Waals surface area contributed by atoms with Gasteiger partial charge in [-0.1, -0.05) is 17.7 Å². The lowest BCUT2D eigenvalue weighted by atomic mass is 10.2. The van der Waals surface area contributed by atoms with Gasteiger partial charge >= 0.3 is 0 Å². The summed E-state index contributed by atoms with van der Waals surface area (Å²) in [6, 6.07) is 7.32. The number of morpholine rings is 1. The molecule has 9 heteroatoms. The molecule has 1 aromatic heterocycles. The first kappa shape index (κ1) is 19.5. The molecule has 0 unspecified atom stereocenters. The number of nitrogens with zero attached hydrogens (tertiary/aromatic N) is 3. The molecule has 27 heavy (non-hydrogen) atoms. The Labute approximate surface area is 158 Å². The molecule has 3 rings (SSSR count). The Bertz CT molecular complexity index is 929. The van der Waals surface area contributed by atoms with Gasteiger partial charge in [0.25, 0.3) is 5.91 Å². The molecule has 2 heterocycles. The first-order valence-electron chi connectivity index (χ1n) is 8.67. The summed E-state index contributed by atoms with van der Waals surface area (Å²) >= 11 is 0. The van der Waals surface area contributed by atoms with Crippen molar-refractivity contribution in [2.45, 2.75) is 25.7 Å². The fourth-order valence-electron chi connectivity index (χ4n) is 3.00. The fourth-order valence-corrected chi connectivity index (χ4v) is 4.76. The van der Waals surface area contributed by atoms with Gasteiger partial charge in [-0.2, -0.15) is 9.40 Å². The van der Waals surface area contributed by atoms with Crippen molar-refractivity contribution >= 4 is 15.9 Å². The van der Waals surface area contributed by atoms with Gasteiger partial charge in [0.1, 0.15) is 10.6 Å². The largest absolute Gasteiger partial charge is 0.484 e. The highest BCUT2D eigenvalue weighted by atomic mass is 32.2. The topological polar surface area (TPSA) is 90.7 Å². The zero-order chi connectivity index (χ0) is 19.6. The molecular formula is C18H23N3O5S. The maximum absolute atomic E-state index is 13.0. The molecule has 0 aliphatic carbocycles. The van der Waals surface area contributed by atoms with Crippen LogP contribution in [0.4, 0.5) is 0 Å². The zero-order valence-electron chi connectivity index (χ0n) is 15.6. The predicted octanol–water partition coefficient (Wildman–Crippen LogP) is 1.55. The first-order valence-corrected chi connectivity index (χ1v) is 10.1. The number of benzene rings is 1. The van der Waals surface area contributed by atoms with Crippen molar-refractivity contribution in [3.8, 4) is 5.75 Å². The van der Waals surface area contributed by atoms with Gasteiger partial charge in [0.15, 0.2) is 6.61 Å². The molecule has 1 fully saturated rings. The van der Waals surface area contributed by atoms with Crippen LogP contribution < -0.4 is 4.74 Å². The normalized spacial score (nSPS) is 15.7. The zero-order valence-corrected chi connectivity index (χ0v) is 16.5. The van der Waals surface area contributed by atoms with E-state index >= 15 is 0 Å². The number of aromatic nitrogens is 2. The summed E-state index contributed by atoms with van der Waals surface area (Å²) in [5, 5.41) is 4.15. The molecule has 0 saturated carbocycles. The van der Waals surface area contributed by atoms with E-state index in [0.29, 0.717) is 24.7 Å². The Morgan fingerprint density at radius 3 is 2.41 bits per heavy atom. The van der Waals surface area contributed by atoms with Gasteiger partial charge in [-0.15, -0.1) is 0 Å². The van der Waals surface area contributed by atoms with Crippen LogP contribution in [0.5, 0.6) is 5.75 Å². The lowest BCUT2D eigenvalue weighted by Gasteiger charge is -2.26. The third-order valence-electron chi connectivity index (χ3n) is 4.41. The Morgan fingerprint density at radius 1 is 1.15 bits per heavy atom. The number of aryl methyl sites for hydroxylation is 2. The molecule has 0 N–H and O–H groups in total. The number of rotatable bonds is 5. The summed E-state index contributed by atoms with van der Waals surface area (Å²) in [6.07, 6.45) is 0. The second kappa shape index (κ2) is 7.79. The van der Waals surface area contributed by atoms with E-state index in [2.05, 4.69) is 5.10 Å². The van der Waals surface area contributed by atoms with Crippen LogP contribution in [0, 0.1) is 20.8 Å². The molecule has 0 radical (unpaired) electrons. The monoisotopic (exact) mass is 393 g/mol. The Morgan fingerprint density at radius 2 is 1.78 bits per heavy atom. The van der Waals surface area contributed by atoms with Crippen LogP contribution in [0.15, 0.2) is 29.2 Å². The molecule has 0 atom stereocenters. The van der Waals surface area contributed by atoms with Gasteiger partial charge in [-0.25, -0.2) is 13.1 Å². The van der Waals surface area contributed by atoms with Crippen molar-refractivity contribution < 1.29 is 22.7 Å². The van der Waals surface area contributed by atoms with Crippen LogP contribution in [0.25, 0.3) is 0 Å². The molecule has 0 spiro atoms. The van der Waals surface area contributed by atoms with Gasteiger partial charge in [-0.3, -0.25) is 4.79 Å². The van der Waals surface area contributed by atoms with E-state index in [9.17, 15) is 13.2 Å². The quantitative estimate of drug-likeness (QED) is 0.766. The highest BCUT2D eigenvalue weighted by Crippen LogP contribution is 2.24. The van der Waals surface area contributed by atoms with Crippen molar-refractivity contribution in [2.24, 2.45) is 0 Å². The highest BCUT2D eigenvalue weighted by molar-refractivity contribution is 7.89. The minimum absolute atomic E-state index is 0.0769. The van der Waals surface area contributed by atoms with Crippen LogP contribution in [-0.2, 0) is 14.8 Å². The van der Waals surface area contributed by atoms with Crippen molar-refractivity contribution in [1.82, 2.24) is 14.1 Å².